The van der Waals surface area contributed by atoms with E-state index in [0.717, 1.165) is 19.3 Å². The third-order valence-corrected chi connectivity index (χ3v) is 4.15. The molecule has 2 rings (SSSR count). The zero-order chi connectivity index (χ0) is 14.9. The number of piperidine rings is 1. The van der Waals surface area contributed by atoms with Crippen molar-refractivity contribution in [2.24, 2.45) is 0 Å². The largest absolute Gasteiger partial charge is 0.328 e. The van der Waals surface area contributed by atoms with Crippen LogP contribution in [0.3, 0.4) is 0 Å². The molecule has 1 spiro atoms. The number of nitrogens with one attached hydrogen (secondary N) is 2. The Kier molecular flexibility index (Phi) is 4.80. The van der Waals surface area contributed by atoms with Crippen LogP contribution in [0.1, 0.15) is 79.6 Å². The predicted molar refractivity (Wildman–Crippen MR) is 81.1 cm³/mol. The number of unbranched alkanes of at least 4 members (excludes halogenated alkanes) is 3. The van der Waals surface area contributed by atoms with Gasteiger partial charge in [-0.1, -0.05) is 26.2 Å². The van der Waals surface area contributed by atoms with Crippen molar-refractivity contribution in [1.29, 1.82) is 0 Å². The predicted octanol–water partition coefficient (Wildman–Crippen LogP) is 3.47. The molecule has 0 aromatic carbocycles. The smallest absolute Gasteiger partial charge is 0.193 e. The third kappa shape index (κ3) is 4.17. The Balaban J connectivity index is 1.89. The molecule has 20 heavy (non-hydrogen) atoms. The molecule has 2 aliphatic rings. The van der Waals surface area contributed by atoms with Gasteiger partial charge in [0, 0.05) is 23.9 Å². The first-order valence-corrected chi connectivity index (χ1v) is 8.17. The highest BCUT2D eigenvalue weighted by Crippen LogP contribution is 2.42. The Bertz CT molecular complexity index is 312. The minimum absolute atomic E-state index is 0.0283. The van der Waals surface area contributed by atoms with E-state index in [1.807, 2.05) is 0 Å². The summed E-state index contributed by atoms with van der Waals surface area (Å²) in [6.07, 6.45) is 7.91. The Morgan fingerprint density at radius 1 is 1.00 bits per heavy atom. The summed E-state index contributed by atoms with van der Waals surface area (Å²) >= 11 is 0. The minimum atomic E-state index is -0.465. The third-order valence-electron chi connectivity index (χ3n) is 4.15. The van der Waals surface area contributed by atoms with Crippen LogP contribution in [0.25, 0.3) is 0 Å². The second-order valence-corrected chi connectivity index (χ2v) is 7.83. The number of rotatable bonds is 5. The fraction of sp³-hybridized carbons (Fsp3) is 1.00. The molecule has 0 aliphatic carbocycles. The highest BCUT2D eigenvalue weighted by Gasteiger charge is 2.53. The SMILES string of the molecule is CCCCCCC1NOC2(CC(C)(C)NC(C)(C)C2)O1. The molecule has 0 aromatic heterocycles. The van der Waals surface area contributed by atoms with E-state index in [1.54, 1.807) is 0 Å². The topological polar surface area (TPSA) is 42.5 Å². The Morgan fingerprint density at radius 2 is 1.65 bits per heavy atom. The summed E-state index contributed by atoms with van der Waals surface area (Å²) in [6, 6.07) is 0. The van der Waals surface area contributed by atoms with Crippen LogP contribution in [0.2, 0.25) is 0 Å². The average molecular weight is 284 g/mol. The number of hydrogen-bond donors (Lipinski definition) is 2. The monoisotopic (exact) mass is 284 g/mol. The molecular formula is C16H32N2O2. The molecule has 4 heteroatoms. The van der Waals surface area contributed by atoms with Gasteiger partial charge in [-0.2, -0.15) is 5.48 Å². The van der Waals surface area contributed by atoms with E-state index in [-0.39, 0.29) is 17.3 Å². The first kappa shape index (κ1) is 16.2. The van der Waals surface area contributed by atoms with Crippen molar-refractivity contribution in [3.63, 3.8) is 0 Å². The fourth-order valence-electron chi connectivity index (χ4n) is 3.92. The molecule has 0 bridgehead atoms. The fourth-order valence-corrected chi connectivity index (χ4v) is 3.92. The highest BCUT2D eigenvalue weighted by atomic mass is 16.9. The Morgan fingerprint density at radius 3 is 2.25 bits per heavy atom. The number of ether oxygens (including phenoxy) is 1. The van der Waals surface area contributed by atoms with Gasteiger partial charge in [-0.3, -0.25) is 4.84 Å². The van der Waals surface area contributed by atoms with Crippen LogP contribution in [0.4, 0.5) is 0 Å². The van der Waals surface area contributed by atoms with Gasteiger partial charge < -0.3 is 10.1 Å². The lowest BCUT2D eigenvalue weighted by molar-refractivity contribution is -0.223. The summed E-state index contributed by atoms with van der Waals surface area (Å²) in [4.78, 5) is 5.91. The number of hydrogen-bond acceptors (Lipinski definition) is 4. The lowest BCUT2D eigenvalue weighted by Gasteiger charge is -2.49. The summed E-state index contributed by atoms with van der Waals surface area (Å²) in [5, 5.41) is 3.67. The van der Waals surface area contributed by atoms with Gasteiger partial charge in [-0.25, -0.2) is 0 Å². The molecule has 2 saturated heterocycles. The maximum Gasteiger partial charge on any atom is 0.193 e. The molecule has 2 N–H and O–H groups in total. The zero-order valence-corrected chi connectivity index (χ0v) is 13.8. The van der Waals surface area contributed by atoms with E-state index in [4.69, 9.17) is 9.57 Å². The van der Waals surface area contributed by atoms with Crippen LogP contribution < -0.4 is 10.8 Å². The van der Waals surface area contributed by atoms with Crippen LogP contribution in [-0.4, -0.2) is 23.1 Å². The lowest BCUT2D eigenvalue weighted by Crippen LogP contribution is -2.64. The van der Waals surface area contributed by atoms with Crippen molar-refractivity contribution in [1.82, 2.24) is 10.8 Å². The first-order valence-electron chi connectivity index (χ1n) is 8.17. The summed E-state index contributed by atoms with van der Waals surface area (Å²) in [6.45, 7) is 11.1. The normalized spacial score (nSPS) is 30.8. The first-order chi connectivity index (χ1) is 9.26. The van der Waals surface area contributed by atoms with Gasteiger partial charge in [0.1, 0.15) is 6.23 Å². The number of hydroxylamine groups is 1. The van der Waals surface area contributed by atoms with Crippen molar-refractivity contribution in [3.05, 3.63) is 0 Å². The molecule has 0 aromatic rings. The standard InChI is InChI=1S/C16H32N2O2/c1-6-7-8-9-10-13-17-20-16(19-13)11-14(2,3)18-15(4,5)12-16/h13,17-18H,6-12H2,1-5H3. The molecule has 2 heterocycles. The van der Waals surface area contributed by atoms with E-state index in [1.165, 1.54) is 25.7 Å². The van der Waals surface area contributed by atoms with Crippen LogP contribution >= 0.6 is 0 Å². The van der Waals surface area contributed by atoms with Crippen molar-refractivity contribution in [2.75, 3.05) is 0 Å². The van der Waals surface area contributed by atoms with Crippen molar-refractivity contribution < 1.29 is 9.57 Å². The van der Waals surface area contributed by atoms with E-state index < -0.39 is 5.79 Å². The van der Waals surface area contributed by atoms with Crippen molar-refractivity contribution >= 4 is 0 Å². The van der Waals surface area contributed by atoms with Crippen LogP contribution in [0.15, 0.2) is 0 Å². The van der Waals surface area contributed by atoms with Crippen molar-refractivity contribution in [3.8, 4) is 0 Å². The molecular weight excluding hydrogens is 252 g/mol. The molecule has 0 amide bonds. The van der Waals surface area contributed by atoms with Gasteiger partial charge in [-0.15, -0.1) is 0 Å². The Hall–Kier alpha value is -0.160. The quantitative estimate of drug-likeness (QED) is 0.759. The molecule has 0 radical (unpaired) electrons. The second-order valence-electron chi connectivity index (χ2n) is 7.83. The van der Waals surface area contributed by atoms with E-state index in [0.29, 0.717) is 0 Å². The van der Waals surface area contributed by atoms with E-state index >= 15 is 0 Å². The van der Waals surface area contributed by atoms with Gasteiger partial charge in [0.2, 0.25) is 0 Å². The average Bonchev–Trinajstić information content (AvgIpc) is 2.62. The van der Waals surface area contributed by atoms with E-state index in [9.17, 15) is 0 Å². The van der Waals surface area contributed by atoms with E-state index in [2.05, 4.69) is 45.4 Å². The second kappa shape index (κ2) is 5.91. The molecule has 4 nitrogen and oxygen atoms in total. The summed E-state index contributed by atoms with van der Waals surface area (Å²) < 4.78 is 6.27. The molecule has 0 saturated carbocycles. The van der Waals surface area contributed by atoms with Gasteiger partial charge >= 0.3 is 0 Å². The summed E-state index contributed by atoms with van der Waals surface area (Å²) in [5.41, 5.74) is 3.18. The van der Waals surface area contributed by atoms with Gasteiger partial charge in [0.25, 0.3) is 0 Å². The van der Waals surface area contributed by atoms with Gasteiger partial charge in [-0.05, 0) is 40.5 Å². The zero-order valence-electron chi connectivity index (χ0n) is 13.8. The van der Waals surface area contributed by atoms with Gasteiger partial charge in [0.15, 0.2) is 5.79 Å². The lowest BCUT2D eigenvalue weighted by atomic mass is 9.79. The summed E-state index contributed by atoms with van der Waals surface area (Å²) in [7, 11) is 0. The molecule has 118 valence electrons. The van der Waals surface area contributed by atoms with Crippen LogP contribution in [-0.2, 0) is 9.57 Å². The molecule has 2 fully saturated rings. The van der Waals surface area contributed by atoms with Crippen molar-refractivity contribution in [2.45, 2.75) is 103 Å². The molecule has 2 aliphatic heterocycles. The maximum atomic E-state index is 6.27. The highest BCUT2D eigenvalue weighted by molar-refractivity contribution is 5.02. The maximum absolute atomic E-state index is 6.27. The molecule has 1 unspecified atom stereocenters. The Labute approximate surface area is 123 Å². The molecule has 1 atom stereocenters. The summed E-state index contributed by atoms with van der Waals surface area (Å²) in [5.74, 6) is -0.465. The van der Waals surface area contributed by atoms with Crippen LogP contribution in [0, 0.1) is 0 Å². The van der Waals surface area contributed by atoms with Crippen LogP contribution in [0.5, 0.6) is 0 Å². The van der Waals surface area contributed by atoms with Gasteiger partial charge in [0.05, 0.1) is 0 Å². The minimum Gasteiger partial charge on any atom is -0.328 e.